The van der Waals surface area contributed by atoms with Gasteiger partial charge in [-0.05, 0) is 36.4 Å². The molecule has 0 aliphatic carbocycles. The first-order valence-electron chi connectivity index (χ1n) is 7.93. The molecule has 3 aromatic rings. The van der Waals surface area contributed by atoms with Crippen LogP contribution in [0.2, 0.25) is 0 Å². The zero-order chi connectivity index (χ0) is 18.4. The molecule has 0 aliphatic heterocycles. The number of carbonyl (C=O) groups excluding carboxylic acids is 1. The van der Waals surface area contributed by atoms with E-state index in [0.29, 0.717) is 29.7 Å². The van der Waals surface area contributed by atoms with Crippen LogP contribution in [0.3, 0.4) is 0 Å². The molecular formula is C18H17FN4O2S. The zero-order valence-corrected chi connectivity index (χ0v) is 14.9. The summed E-state index contributed by atoms with van der Waals surface area (Å²) in [6, 6.07) is 9.23. The van der Waals surface area contributed by atoms with Crippen LogP contribution in [0.4, 0.5) is 4.39 Å². The summed E-state index contributed by atoms with van der Waals surface area (Å²) in [6.07, 6.45) is 3.38. The van der Waals surface area contributed by atoms with E-state index in [1.54, 1.807) is 19.5 Å². The number of thioether (sulfide) groups is 1. The number of nitrogens with zero attached hydrogens (tertiary/aromatic N) is 4. The number of methoxy groups -OCH3 is 1. The van der Waals surface area contributed by atoms with Crippen LogP contribution >= 0.6 is 11.8 Å². The summed E-state index contributed by atoms with van der Waals surface area (Å²) in [5.74, 6) is 0.422. The maximum absolute atomic E-state index is 13.0. The summed E-state index contributed by atoms with van der Waals surface area (Å²) in [6.45, 7) is 1.06. The highest BCUT2D eigenvalue weighted by molar-refractivity contribution is 7.99. The molecule has 0 spiro atoms. The van der Waals surface area contributed by atoms with Crippen LogP contribution in [-0.2, 0) is 11.3 Å². The Morgan fingerprint density at radius 3 is 2.58 bits per heavy atom. The van der Waals surface area contributed by atoms with E-state index in [1.165, 1.54) is 36.0 Å². The Bertz CT molecular complexity index is 869. The highest BCUT2D eigenvalue weighted by Crippen LogP contribution is 2.24. The Balaban J connectivity index is 1.77. The Hall–Kier alpha value is -2.58. The molecule has 2 aromatic heterocycles. The molecule has 0 saturated heterocycles. The van der Waals surface area contributed by atoms with Crippen LogP contribution < -0.4 is 0 Å². The summed E-state index contributed by atoms with van der Waals surface area (Å²) in [4.78, 5) is 16.3. The number of hydrogen-bond acceptors (Lipinski definition) is 6. The lowest BCUT2D eigenvalue weighted by atomic mass is 10.1. The van der Waals surface area contributed by atoms with E-state index in [-0.39, 0.29) is 17.4 Å². The minimum atomic E-state index is -0.365. The van der Waals surface area contributed by atoms with Crippen molar-refractivity contribution in [3.8, 4) is 11.4 Å². The molecule has 8 heteroatoms. The Labute approximate surface area is 154 Å². The zero-order valence-electron chi connectivity index (χ0n) is 14.1. The second-order valence-electron chi connectivity index (χ2n) is 5.41. The van der Waals surface area contributed by atoms with Gasteiger partial charge in [-0.3, -0.25) is 14.3 Å². The van der Waals surface area contributed by atoms with Crippen LogP contribution in [0.15, 0.2) is 53.9 Å². The molecular weight excluding hydrogens is 355 g/mol. The van der Waals surface area contributed by atoms with Crippen LogP contribution in [0.25, 0.3) is 11.4 Å². The van der Waals surface area contributed by atoms with Crippen molar-refractivity contribution in [2.45, 2.75) is 11.7 Å². The fraction of sp³-hybridized carbons (Fsp3) is 0.222. The normalized spacial score (nSPS) is 10.8. The summed E-state index contributed by atoms with van der Waals surface area (Å²) in [7, 11) is 1.63. The van der Waals surface area contributed by atoms with Crippen molar-refractivity contribution in [1.82, 2.24) is 19.7 Å². The van der Waals surface area contributed by atoms with E-state index in [0.717, 1.165) is 5.56 Å². The monoisotopic (exact) mass is 372 g/mol. The first kappa shape index (κ1) is 18.2. The van der Waals surface area contributed by atoms with Crippen molar-refractivity contribution < 1.29 is 13.9 Å². The second-order valence-corrected chi connectivity index (χ2v) is 6.35. The molecule has 2 heterocycles. The van der Waals surface area contributed by atoms with Gasteiger partial charge in [0.2, 0.25) is 0 Å². The van der Waals surface area contributed by atoms with Crippen molar-refractivity contribution in [3.05, 3.63) is 60.2 Å². The topological polar surface area (TPSA) is 69.9 Å². The van der Waals surface area contributed by atoms with E-state index < -0.39 is 0 Å². The largest absolute Gasteiger partial charge is 0.383 e. The molecule has 0 bridgehead atoms. The molecule has 3 rings (SSSR count). The Kier molecular flexibility index (Phi) is 6.08. The van der Waals surface area contributed by atoms with E-state index in [4.69, 9.17) is 4.74 Å². The number of ketones is 1. The minimum Gasteiger partial charge on any atom is -0.383 e. The third kappa shape index (κ3) is 4.33. The van der Waals surface area contributed by atoms with Gasteiger partial charge in [0, 0.05) is 30.6 Å². The fourth-order valence-corrected chi connectivity index (χ4v) is 3.20. The van der Waals surface area contributed by atoms with E-state index in [1.807, 2.05) is 16.7 Å². The van der Waals surface area contributed by atoms with Gasteiger partial charge < -0.3 is 4.74 Å². The van der Waals surface area contributed by atoms with Crippen molar-refractivity contribution in [3.63, 3.8) is 0 Å². The molecule has 0 aliphatic rings. The highest BCUT2D eigenvalue weighted by atomic mass is 32.2. The SMILES string of the molecule is COCCn1c(SCC(=O)c2ccc(F)cc2)nnc1-c1ccncc1. The van der Waals surface area contributed by atoms with Crippen molar-refractivity contribution in [2.24, 2.45) is 0 Å². The molecule has 6 nitrogen and oxygen atoms in total. The third-order valence-electron chi connectivity index (χ3n) is 3.67. The molecule has 0 amide bonds. The number of halogens is 1. The van der Waals surface area contributed by atoms with Gasteiger partial charge in [0.1, 0.15) is 5.82 Å². The molecule has 0 unspecified atom stereocenters. The highest BCUT2D eigenvalue weighted by Gasteiger charge is 2.16. The van der Waals surface area contributed by atoms with Crippen LogP contribution in [-0.4, -0.2) is 45.0 Å². The third-order valence-corrected chi connectivity index (χ3v) is 4.64. The quantitative estimate of drug-likeness (QED) is 0.447. The summed E-state index contributed by atoms with van der Waals surface area (Å²) in [5.41, 5.74) is 1.36. The number of ether oxygens (including phenoxy) is 1. The van der Waals surface area contributed by atoms with Gasteiger partial charge in [0.15, 0.2) is 16.8 Å². The molecule has 0 atom stereocenters. The average Bonchev–Trinajstić information content (AvgIpc) is 3.08. The van der Waals surface area contributed by atoms with Gasteiger partial charge in [0.05, 0.1) is 18.9 Å². The molecule has 0 N–H and O–H groups in total. The van der Waals surface area contributed by atoms with Gasteiger partial charge in [-0.2, -0.15) is 0 Å². The van der Waals surface area contributed by atoms with Gasteiger partial charge in [-0.1, -0.05) is 11.8 Å². The standard InChI is InChI=1S/C18H17FN4O2S/c1-25-11-10-23-17(14-6-8-20-9-7-14)21-22-18(23)26-12-16(24)13-2-4-15(19)5-3-13/h2-9H,10-12H2,1H3. The van der Waals surface area contributed by atoms with Gasteiger partial charge in [-0.25, -0.2) is 4.39 Å². The van der Waals surface area contributed by atoms with E-state index in [9.17, 15) is 9.18 Å². The summed E-state index contributed by atoms with van der Waals surface area (Å²) < 4.78 is 20.1. The number of pyridine rings is 1. The summed E-state index contributed by atoms with van der Waals surface area (Å²) >= 11 is 1.30. The Morgan fingerprint density at radius 1 is 1.15 bits per heavy atom. The molecule has 0 fully saturated rings. The van der Waals surface area contributed by atoms with Crippen molar-refractivity contribution in [1.29, 1.82) is 0 Å². The van der Waals surface area contributed by atoms with E-state index in [2.05, 4.69) is 15.2 Å². The van der Waals surface area contributed by atoms with Crippen LogP contribution in [0.1, 0.15) is 10.4 Å². The van der Waals surface area contributed by atoms with Gasteiger partial charge in [0.25, 0.3) is 0 Å². The minimum absolute atomic E-state index is 0.0956. The van der Waals surface area contributed by atoms with Crippen LogP contribution in [0, 0.1) is 5.82 Å². The van der Waals surface area contributed by atoms with Gasteiger partial charge >= 0.3 is 0 Å². The summed E-state index contributed by atoms with van der Waals surface area (Å²) in [5, 5.41) is 9.09. The molecule has 134 valence electrons. The van der Waals surface area contributed by atoms with Crippen molar-refractivity contribution in [2.75, 3.05) is 19.5 Å². The lowest BCUT2D eigenvalue weighted by molar-refractivity contribution is 0.102. The maximum Gasteiger partial charge on any atom is 0.192 e. The second kappa shape index (κ2) is 8.68. The van der Waals surface area contributed by atoms with Crippen LogP contribution in [0.5, 0.6) is 0 Å². The average molecular weight is 372 g/mol. The molecule has 0 radical (unpaired) electrons. The maximum atomic E-state index is 13.0. The smallest absolute Gasteiger partial charge is 0.192 e. The molecule has 26 heavy (non-hydrogen) atoms. The number of aromatic nitrogens is 4. The Morgan fingerprint density at radius 2 is 1.88 bits per heavy atom. The molecule has 1 aromatic carbocycles. The number of benzene rings is 1. The first-order valence-corrected chi connectivity index (χ1v) is 8.91. The fourth-order valence-electron chi connectivity index (χ4n) is 2.34. The van der Waals surface area contributed by atoms with Gasteiger partial charge in [-0.15, -0.1) is 10.2 Å². The van der Waals surface area contributed by atoms with Crippen molar-refractivity contribution >= 4 is 17.5 Å². The predicted molar refractivity (Wildman–Crippen MR) is 96.6 cm³/mol. The number of hydrogen-bond donors (Lipinski definition) is 0. The predicted octanol–water partition coefficient (Wildman–Crippen LogP) is 3.10. The number of Topliss-reactive ketones (excluding diaryl/α,β-unsaturated/α-hetero) is 1. The number of carbonyl (C=O) groups is 1. The van der Waals surface area contributed by atoms with E-state index >= 15 is 0 Å². The lowest BCUT2D eigenvalue weighted by Gasteiger charge is -2.09. The first-order chi connectivity index (χ1) is 12.7. The molecule has 0 saturated carbocycles. The number of rotatable bonds is 8. The lowest BCUT2D eigenvalue weighted by Crippen LogP contribution is -2.09.